The lowest BCUT2D eigenvalue weighted by Crippen LogP contribution is -2.44. The van der Waals surface area contributed by atoms with Gasteiger partial charge in [0.15, 0.2) is 0 Å². The minimum absolute atomic E-state index is 0.0161. The first-order chi connectivity index (χ1) is 8.24. The van der Waals surface area contributed by atoms with Gasteiger partial charge in [-0.3, -0.25) is 0 Å². The summed E-state index contributed by atoms with van der Waals surface area (Å²) in [4.78, 5) is 2.10. The van der Waals surface area contributed by atoms with Crippen molar-refractivity contribution in [2.45, 2.75) is 6.10 Å². The highest BCUT2D eigenvalue weighted by Crippen LogP contribution is 2.22. The Bertz CT molecular complexity index is 442. The van der Waals surface area contributed by atoms with E-state index in [1.54, 1.807) is 12.1 Å². The van der Waals surface area contributed by atoms with Crippen LogP contribution in [0.3, 0.4) is 0 Å². The Morgan fingerprint density at radius 2 is 2.41 bits per heavy atom. The lowest BCUT2D eigenvalue weighted by Gasteiger charge is -2.33. The van der Waals surface area contributed by atoms with E-state index in [9.17, 15) is 0 Å². The zero-order valence-electron chi connectivity index (χ0n) is 9.47. The molecule has 1 aliphatic rings. The zero-order valence-corrected chi connectivity index (χ0v) is 9.47. The van der Waals surface area contributed by atoms with Crippen molar-refractivity contribution in [3.63, 3.8) is 0 Å². The van der Waals surface area contributed by atoms with Gasteiger partial charge in [0.2, 0.25) is 0 Å². The number of aliphatic hydroxyl groups is 1. The van der Waals surface area contributed by atoms with Crippen LogP contribution in [-0.4, -0.2) is 37.5 Å². The standard InChI is InChI=1S/C12H15N3O2/c13-6-9-1-2-10(5-12(9)14)15-3-4-17-11(7-15)8-16/h1-2,5,11,16H,3-4,7-8,14H2. The van der Waals surface area contributed by atoms with E-state index in [1.165, 1.54) is 0 Å². The molecular formula is C12H15N3O2. The Kier molecular flexibility index (Phi) is 3.47. The molecule has 1 aromatic carbocycles. The monoisotopic (exact) mass is 233 g/mol. The number of rotatable bonds is 2. The molecule has 0 amide bonds. The van der Waals surface area contributed by atoms with Crippen LogP contribution < -0.4 is 10.6 Å². The lowest BCUT2D eigenvalue weighted by atomic mass is 10.1. The van der Waals surface area contributed by atoms with Gasteiger partial charge in [0.05, 0.1) is 30.6 Å². The van der Waals surface area contributed by atoms with Crippen LogP contribution in [0.1, 0.15) is 5.56 Å². The number of anilines is 2. The number of nitrogens with two attached hydrogens (primary N) is 1. The number of hydrogen-bond acceptors (Lipinski definition) is 5. The number of nitriles is 1. The van der Waals surface area contributed by atoms with E-state index < -0.39 is 0 Å². The van der Waals surface area contributed by atoms with Gasteiger partial charge < -0.3 is 20.5 Å². The average molecular weight is 233 g/mol. The number of nitrogens with zero attached hydrogens (tertiary/aromatic N) is 2. The molecule has 5 heteroatoms. The third-order valence-electron chi connectivity index (χ3n) is 2.86. The first kappa shape index (κ1) is 11.7. The number of benzene rings is 1. The molecule has 90 valence electrons. The molecule has 17 heavy (non-hydrogen) atoms. The van der Waals surface area contributed by atoms with Gasteiger partial charge in [0.1, 0.15) is 6.07 Å². The van der Waals surface area contributed by atoms with Crippen molar-refractivity contribution in [1.82, 2.24) is 0 Å². The summed E-state index contributed by atoms with van der Waals surface area (Å²) in [5.41, 5.74) is 7.71. The van der Waals surface area contributed by atoms with Crippen molar-refractivity contribution in [1.29, 1.82) is 5.26 Å². The predicted molar refractivity (Wildman–Crippen MR) is 64.6 cm³/mol. The fourth-order valence-electron chi connectivity index (χ4n) is 1.91. The van der Waals surface area contributed by atoms with Crippen LogP contribution in [0.5, 0.6) is 0 Å². The molecule has 0 saturated carbocycles. The van der Waals surface area contributed by atoms with E-state index in [4.69, 9.17) is 20.8 Å². The van der Waals surface area contributed by atoms with Crippen molar-refractivity contribution in [2.24, 2.45) is 0 Å². The Morgan fingerprint density at radius 1 is 1.59 bits per heavy atom. The Hall–Kier alpha value is -1.77. The Labute approximate surface area is 100 Å². The van der Waals surface area contributed by atoms with Crippen LogP contribution in [0, 0.1) is 11.3 Å². The van der Waals surface area contributed by atoms with Crippen molar-refractivity contribution in [3.05, 3.63) is 23.8 Å². The molecule has 1 atom stereocenters. The van der Waals surface area contributed by atoms with Gasteiger partial charge in [0.25, 0.3) is 0 Å². The number of hydrogen-bond donors (Lipinski definition) is 2. The van der Waals surface area contributed by atoms with Gasteiger partial charge in [-0.15, -0.1) is 0 Å². The van der Waals surface area contributed by atoms with Crippen LogP contribution in [0.4, 0.5) is 11.4 Å². The van der Waals surface area contributed by atoms with Gasteiger partial charge in [-0.2, -0.15) is 5.26 Å². The van der Waals surface area contributed by atoms with Crippen LogP contribution >= 0.6 is 0 Å². The third-order valence-corrected chi connectivity index (χ3v) is 2.86. The highest BCUT2D eigenvalue weighted by molar-refractivity contribution is 5.63. The van der Waals surface area contributed by atoms with Gasteiger partial charge >= 0.3 is 0 Å². The van der Waals surface area contributed by atoms with Crippen molar-refractivity contribution in [2.75, 3.05) is 36.9 Å². The quantitative estimate of drug-likeness (QED) is 0.720. The number of aliphatic hydroxyl groups excluding tert-OH is 1. The molecule has 0 bridgehead atoms. The van der Waals surface area contributed by atoms with E-state index in [-0.39, 0.29) is 12.7 Å². The fraction of sp³-hybridized carbons (Fsp3) is 0.417. The molecule has 0 aliphatic carbocycles. The summed E-state index contributed by atoms with van der Waals surface area (Å²) in [5, 5.41) is 17.9. The molecule has 2 rings (SSSR count). The maximum Gasteiger partial charge on any atom is 0.101 e. The molecule has 1 unspecified atom stereocenters. The molecule has 1 aliphatic heterocycles. The second-order valence-corrected chi connectivity index (χ2v) is 4.00. The van der Waals surface area contributed by atoms with Gasteiger partial charge in [-0.25, -0.2) is 0 Å². The maximum atomic E-state index is 9.07. The smallest absolute Gasteiger partial charge is 0.101 e. The molecule has 1 aromatic rings. The molecule has 1 fully saturated rings. The van der Waals surface area contributed by atoms with Crippen molar-refractivity contribution in [3.8, 4) is 6.07 Å². The first-order valence-electron chi connectivity index (χ1n) is 5.51. The fourth-order valence-corrected chi connectivity index (χ4v) is 1.91. The summed E-state index contributed by atoms with van der Waals surface area (Å²) in [5.74, 6) is 0. The lowest BCUT2D eigenvalue weighted by molar-refractivity contribution is 0.00357. The minimum atomic E-state index is -0.152. The Morgan fingerprint density at radius 3 is 3.06 bits per heavy atom. The second kappa shape index (κ2) is 5.04. The Balaban J connectivity index is 2.17. The minimum Gasteiger partial charge on any atom is -0.398 e. The molecule has 0 spiro atoms. The summed E-state index contributed by atoms with van der Waals surface area (Å²) in [6, 6.07) is 7.41. The highest BCUT2D eigenvalue weighted by Gasteiger charge is 2.20. The third kappa shape index (κ3) is 2.49. The van der Waals surface area contributed by atoms with Gasteiger partial charge in [-0.1, -0.05) is 0 Å². The average Bonchev–Trinajstić information content (AvgIpc) is 2.38. The SMILES string of the molecule is N#Cc1ccc(N2CCOC(CO)C2)cc1N. The topological polar surface area (TPSA) is 82.5 Å². The van der Waals surface area contributed by atoms with Gasteiger partial charge in [-0.05, 0) is 18.2 Å². The van der Waals surface area contributed by atoms with E-state index in [2.05, 4.69) is 4.90 Å². The summed E-state index contributed by atoms with van der Waals surface area (Å²) in [6.07, 6.45) is -0.152. The maximum absolute atomic E-state index is 9.07. The molecule has 5 nitrogen and oxygen atoms in total. The molecule has 1 heterocycles. The van der Waals surface area contributed by atoms with Crippen LogP contribution in [0.2, 0.25) is 0 Å². The molecule has 0 aromatic heterocycles. The predicted octanol–water partition coefficient (Wildman–Crippen LogP) is 0.338. The molecule has 1 saturated heterocycles. The van der Waals surface area contributed by atoms with E-state index >= 15 is 0 Å². The summed E-state index contributed by atoms with van der Waals surface area (Å²) < 4.78 is 5.38. The zero-order chi connectivity index (χ0) is 12.3. The van der Waals surface area contributed by atoms with Crippen molar-refractivity contribution >= 4 is 11.4 Å². The van der Waals surface area contributed by atoms with Crippen LogP contribution in [0.15, 0.2) is 18.2 Å². The number of nitrogen functional groups attached to an aromatic ring is 1. The van der Waals surface area contributed by atoms with E-state index in [1.807, 2.05) is 12.1 Å². The van der Waals surface area contributed by atoms with Gasteiger partial charge in [0, 0.05) is 18.8 Å². The molecular weight excluding hydrogens is 218 g/mol. The summed E-state index contributed by atoms with van der Waals surface area (Å²) >= 11 is 0. The van der Waals surface area contributed by atoms with E-state index in [0.717, 1.165) is 12.2 Å². The van der Waals surface area contributed by atoms with Crippen LogP contribution in [-0.2, 0) is 4.74 Å². The first-order valence-corrected chi connectivity index (χ1v) is 5.51. The summed E-state index contributed by atoms with van der Waals surface area (Å²) in [7, 11) is 0. The number of ether oxygens (including phenoxy) is 1. The van der Waals surface area contributed by atoms with Crippen molar-refractivity contribution < 1.29 is 9.84 Å². The number of morpholine rings is 1. The van der Waals surface area contributed by atoms with Crippen LogP contribution in [0.25, 0.3) is 0 Å². The molecule has 0 radical (unpaired) electrons. The second-order valence-electron chi connectivity index (χ2n) is 4.00. The molecule has 3 N–H and O–H groups in total. The normalized spacial score (nSPS) is 20.0. The highest BCUT2D eigenvalue weighted by atomic mass is 16.5. The summed E-state index contributed by atoms with van der Waals surface area (Å²) in [6.45, 7) is 2.01. The van der Waals surface area contributed by atoms with E-state index in [0.29, 0.717) is 24.4 Å². The largest absolute Gasteiger partial charge is 0.398 e.